The number of halogens is 1. The van der Waals surface area contributed by atoms with E-state index in [4.69, 9.17) is 4.42 Å². The van der Waals surface area contributed by atoms with Crippen LogP contribution in [0.4, 0.5) is 4.39 Å². The Morgan fingerprint density at radius 2 is 1.74 bits per heavy atom. The predicted octanol–water partition coefficient (Wildman–Crippen LogP) is 3.20. The second-order valence-electron chi connectivity index (χ2n) is 8.26. The smallest absolute Gasteiger partial charge is 0.289 e. The molecular weight excluding hydrogens is 435 g/mol. The van der Waals surface area contributed by atoms with E-state index >= 15 is 0 Å². The summed E-state index contributed by atoms with van der Waals surface area (Å²) >= 11 is 0. The molecule has 8 nitrogen and oxygen atoms in total. The number of carbonyl (C=O) groups is 1. The Morgan fingerprint density at radius 1 is 0.971 bits per heavy atom. The minimum absolute atomic E-state index is 0.115. The van der Waals surface area contributed by atoms with Crippen LogP contribution < -0.4 is 0 Å². The maximum atomic E-state index is 13.7. The van der Waals surface area contributed by atoms with Gasteiger partial charge in [0.1, 0.15) is 5.82 Å². The van der Waals surface area contributed by atoms with Crippen molar-refractivity contribution in [3.05, 3.63) is 102 Å². The van der Waals surface area contributed by atoms with Crippen molar-refractivity contribution in [3.63, 3.8) is 0 Å². The third kappa shape index (κ3) is 4.74. The Hall–Kier alpha value is -3.85. The SMILES string of the molecule is O=C(c1ccco1)N1CCN([C@@H](c2ccc(F)cc2)c2nnnn2CCc2ccccc2)CC1. The lowest BCUT2D eigenvalue weighted by molar-refractivity contribution is 0.0559. The fourth-order valence-corrected chi connectivity index (χ4v) is 4.35. The number of rotatable bonds is 7. The van der Waals surface area contributed by atoms with Crippen LogP contribution in [0.15, 0.2) is 77.4 Å². The molecule has 0 saturated carbocycles. The van der Waals surface area contributed by atoms with Crippen LogP contribution in [-0.2, 0) is 13.0 Å². The van der Waals surface area contributed by atoms with Crippen molar-refractivity contribution >= 4 is 5.91 Å². The van der Waals surface area contributed by atoms with Crippen LogP contribution in [0, 0.1) is 5.82 Å². The lowest BCUT2D eigenvalue weighted by Crippen LogP contribution is -2.50. The zero-order valence-corrected chi connectivity index (χ0v) is 18.6. The molecule has 0 spiro atoms. The van der Waals surface area contributed by atoms with Crippen molar-refractivity contribution in [2.75, 3.05) is 26.2 Å². The second-order valence-corrected chi connectivity index (χ2v) is 8.26. The molecule has 174 valence electrons. The molecule has 34 heavy (non-hydrogen) atoms. The van der Waals surface area contributed by atoms with Crippen LogP contribution in [0.3, 0.4) is 0 Å². The molecule has 0 bridgehead atoms. The molecule has 2 aromatic carbocycles. The third-order valence-corrected chi connectivity index (χ3v) is 6.14. The Balaban J connectivity index is 1.37. The molecule has 1 fully saturated rings. The van der Waals surface area contributed by atoms with Gasteiger partial charge in [-0.2, -0.15) is 0 Å². The summed E-state index contributed by atoms with van der Waals surface area (Å²) in [5.41, 5.74) is 2.11. The highest BCUT2D eigenvalue weighted by molar-refractivity contribution is 5.91. The Bertz CT molecular complexity index is 1200. The number of aryl methyl sites for hydroxylation is 2. The molecule has 5 rings (SSSR count). The van der Waals surface area contributed by atoms with Gasteiger partial charge in [-0.1, -0.05) is 42.5 Å². The fourth-order valence-electron chi connectivity index (χ4n) is 4.35. The normalized spacial score (nSPS) is 15.4. The number of benzene rings is 2. The number of aromatic nitrogens is 4. The second kappa shape index (κ2) is 9.96. The van der Waals surface area contributed by atoms with Gasteiger partial charge in [-0.25, -0.2) is 9.07 Å². The summed E-state index contributed by atoms with van der Waals surface area (Å²) in [6.07, 6.45) is 2.30. The van der Waals surface area contributed by atoms with Crippen molar-refractivity contribution < 1.29 is 13.6 Å². The topological polar surface area (TPSA) is 80.3 Å². The van der Waals surface area contributed by atoms with Gasteiger partial charge in [-0.05, 0) is 52.2 Å². The predicted molar refractivity (Wildman–Crippen MR) is 122 cm³/mol. The first kappa shape index (κ1) is 22.0. The highest BCUT2D eigenvalue weighted by Gasteiger charge is 2.32. The zero-order chi connectivity index (χ0) is 23.3. The summed E-state index contributed by atoms with van der Waals surface area (Å²) in [5, 5.41) is 12.6. The maximum absolute atomic E-state index is 13.7. The van der Waals surface area contributed by atoms with Crippen LogP contribution in [0.25, 0.3) is 0 Å². The molecule has 9 heteroatoms. The van der Waals surface area contributed by atoms with E-state index in [1.54, 1.807) is 29.2 Å². The van der Waals surface area contributed by atoms with E-state index in [0.717, 1.165) is 12.0 Å². The van der Waals surface area contributed by atoms with Gasteiger partial charge in [0.15, 0.2) is 11.6 Å². The van der Waals surface area contributed by atoms with E-state index in [-0.39, 0.29) is 17.8 Å². The largest absolute Gasteiger partial charge is 0.459 e. The van der Waals surface area contributed by atoms with E-state index in [1.165, 1.54) is 24.0 Å². The molecule has 0 radical (unpaired) electrons. The first-order valence-corrected chi connectivity index (χ1v) is 11.3. The number of hydrogen-bond acceptors (Lipinski definition) is 6. The van der Waals surface area contributed by atoms with Gasteiger partial charge in [-0.15, -0.1) is 5.10 Å². The summed E-state index contributed by atoms with van der Waals surface area (Å²) < 4.78 is 20.8. The summed E-state index contributed by atoms with van der Waals surface area (Å²) in [7, 11) is 0. The highest BCUT2D eigenvalue weighted by Crippen LogP contribution is 2.28. The van der Waals surface area contributed by atoms with Gasteiger partial charge in [0.05, 0.1) is 12.3 Å². The number of tetrazole rings is 1. The van der Waals surface area contributed by atoms with E-state index in [2.05, 4.69) is 32.6 Å². The van der Waals surface area contributed by atoms with Crippen LogP contribution in [0.5, 0.6) is 0 Å². The van der Waals surface area contributed by atoms with E-state index in [9.17, 15) is 9.18 Å². The van der Waals surface area contributed by atoms with Crippen molar-refractivity contribution in [2.24, 2.45) is 0 Å². The first-order chi connectivity index (χ1) is 16.7. The molecule has 1 aliphatic heterocycles. The molecule has 0 N–H and O–H groups in total. The summed E-state index contributed by atoms with van der Waals surface area (Å²) in [6.45, 7) is 2.96. The van der Waals surface area contributed by atoms with Gasteiger partial charge in [0.25, 0.3) is 5.91 Å². The van der Waals surface area contributed by atoms with Gasteiger partial charge in [-0.3, -0.25) is 9.69 Å². The number of nitrogens with zero attached hydrogens (tertiary/aromatic N) is 6. The zero-order valence-electron chi connectivity index (χ0n) is 18.6. The van der Waals surface area contributed by atoms with Crippen molar-refractivity contribution in [1.29, 1.82) is 0 Å². The number of hydrogen-bond donors (Lipinski definition) is 0. The Kier molecular flexibility index (Phi) is 6.44. The monoisotopic (exact) mass is 460 g/mol. The van der Waals surface area contributed by atoms with Crippen molar-refractivity contribution in [2.45, 2.75) is 19.0 Å². The lowest BCUT2D eigenvalue weighted by atomic mass is 10.0. The average molecular weight is 461 g/mol. The van der Waals surface area contributed by atoms with E-state index in [0.29, 0.717) is 44.3 Å². The molecule has 1 atom stereocenters. The molecular formula is C25H25FN6O2. The van der Waals surface area contributed by atoms with Crippen molar-refractivity contribution in [3.8, 4) is 0 Å². The standard InChI is InChI=1S/C25H25FN6O2/c26-21-10-8-20(9-11-21)23(24-27-28-29-32(24)13-12-19-5-2-1-3-6-19)30-14-16-31(17-15-30)25(33)22-7-4-18-34-22/h1-11,18,23H,12-17H2/t23-/m0/s1. The van der Waals surface area contributed by atoms with E-state index in [1.807, 2.05) is 22.9 Å². The Labute approximate surface area is 196 Å². The van der Waals surface area contributed by atoms with Crippen molar-refractivity contribution in [1.82, 2.24) is 30.0 Å². The number of carbonyl (C=O) groups excluding carboxylic acids is 1. The first-order valence-electron chi connectivity index (χ1n) is 11.3. The molecule has 0 unspecified atom stereocenters. The molecule has 0 aliphatic carbocycles. The summed E-state index contributed by atoms with van der Waals surface area (Å²) in [5.74, 6) is 0.637. The van der Waals surface area contributed by atoms with Crippen LogP contribution in [0.2, 0.25) is 0 Å². The molecule has 2 aromatic heterocycles. The Morgan fingerprint density at radius 3 is 2.44 bits per heavy atom. The van der Waals surface area contributed by atoms with Gasteiger partial charge >= 0.3 is 0 Å². The summed E-state index contributed by atoms with van der Waals surface area (Å²) in [6, 6.07) is 19.8. The van der Waals surface area contributed by atoms with Gasteiger partial charge < -0.3 is 9.32 Å². The highest BCUT2D eigenvalue weighted by atomic mass is 19.1. The number of furan rings is 1. The van der Waals surface area contributed by atoms with Crippen LogP contribution in [0.1, 0.15) is 33.5 Å². The molecule has 1 amide bonds. The van der Waals surface area contributed by atoms with Gasteiger partial charge in [0.2, 0.25) is 0 Å². The fraction of sp³-hybridized carbons (Fsp3) is 0.280. The minimum atomic E-state index is -0.292. The third-order valence-electron chi connectivity index (χ3n) is 6.14. The van der Waals surface area contributed by atoms with Crippen LogP contribution in [-0.4, -0.2) is 62.1 Å². The number of amides is 1. The van der Waals surface area contributed by atoms with Gasteiger partial charge in [0, 0.05) is 32.7 Å². The number of piperazine rings is 1. The maximum Gasteiger partial charge on any atom is 0.289 e. The quantitative estimate of drug-likeness (QED) is 0.421. The molecule has 1 aliphatic rings. The van der Waals surface area contributed by atoms with Crippen LogP contribution >= 0.6 is 0 Å². The lowest BCUT2D eigenvalue weighted by Gasteiger charge is -2.38. The molecule has 4 aromatic rings. The molecule has 1 saturated heterocycles. The molecule has 3 heterocycles. The van der Waals surface area contributed by atoms with E-state index < -0.39 is 0 Å². The average Bonchev–Trinajstić information content (AvgIpc) is 3.58. The summed E-state index contributed by atoms with van der Waals surface area (Å²) in [4.78, 5) is 16.7. The minimum Gasteiger partial charge on any atom is -0.459 e.